The molecule has 1 aromatic carbocycles. The van der Waals surface area contributed by atoms with Crippen LogP contribution in [0.4, 0.5) is 5.95 Å². The van der Waals surface area contributed by atoms with Crippen LogP contribution in [-0.4, -0.2) is 24.4 Å². The van der Waals surface area contributed by atoms with Crippen LogP contribution in [-0.2, 0) is 20.6 Å². The summed E-state index contributed by atoms with van der Waals surface area (Å²) in [5.74, 6) is 1.05. The molecule has 0 bridgehead atoms. The third kappa shape index (κ3) is 3.79. The van der Waals surface area contributed by atoms with Crippen LogP contribution in [0, 0.1) is 5.92 Å². The van der Waals surface area contributed by atoms with Crippen LogP contribution >= 0.6 is 11.6 Å². The van der Waals surface area contributed by atoms with E-state index in [-0.39, 0.29) is 5.56 Å². The Bertz CT molecular complexity index is 1240. The number of hydrazone groups is 1. The lowest BCUT2D eigenvalue weighted by atomic mass is 9.89. The van der Waals surface area contributed by atoms with E-state index in [9.17, 15) is 9.59 Å². The summed E-state index contributed by atoms with van der Waals surface area (Å²) < 4.78 is 4.26. The van der Waals surface area contributed by atoms with E-state index in [0.29, 0.717) is 34.6 Å². The van der Waals surface area contributed by atoms with Gasteiger partial charge in [0.05, 0.1) is 6.54 Å². The molecule has 0 amide bonds. The zero-order valence-corrected chi connectivity index (χ0v) is 18.1. The molecule has 0 spiro atoms. The van der Waals surface area contributed by atoms with Gasteiger partial charge < -0.3 is 0 Å². The summed E-state index contributed by atoms with van der Waals surface area (Å²) in [5.41, 5.74) is 5.01. The van der Waals surface area contributed by atoms with Gasteiger partial charge >= 0.3 is 5.69 Å². The standard InChI is InChI=1S/C21H25ClN6O2/c1-13-5-4-6-16(11-13)24-25-20-23-18-17(19(29)27(3)21(30)26(18)2)28(20)12-14-7-9-15(22)10-8-14/h7-10,13H,4-6,11-12H2,1-3H3,(H,23,25). The summed E-state index contributed by atoms with van der Waals surface area (Å²) in [6.45, 7) is 2.62. The highest BCUT2D eigenvalue weighted by Gasteiger charge is 2.20. The van der Waals surface area contributed by atoms with E-state index in [2.05, 4.69) is 22.4 Å². The number of aryl methyl sites for hydroxylation is 1. The molecule has 1 atom stereocenters. The van der Waals surface area contributed by atoms with Crippen LogP contribution in [0.1, 0.15) is 38.2 Å². The second-order valence-corrected chi connectivity index (χ2v) is 8.45. The van der Waals surface area contributed by atoms with Gasteiger partial charge in [-0.2, -0.15) is 10.1 Å². The van der Waals surface area contributed by atoms with Gasteiger partial charge in [-0.15, -0.1) is 0 Å². The second kappa shape index (κ2) is 8.10. The number of halogens is 1. The van der Waals surface area contributed by atoms with Gasteiger partial charge in [0.2, 0.25) is 5.95 Å². The van der Waals surface area contributed by atoms with Crippen LogP contribution in [0.2, 0.25) is 5.02 Å². The van der Waals surface area contributed by atoms with E-state index in [0.717, 1.165) is 35.1 Å². The highest BCUT2D eigenvalue weighted by atomic mass is 35.5. The molecule has 9 heteroatoms. The summed E-state index contributed by atoms with van der Waals surface area (Å²) in [6, 6.07) is 7.42. The highest BCUT2D eigenvalue weighted by molar-refractivity contribution is 6.30. The molecule has 1 aliphatic rings. The number of nitrogens with zero attached hydrogens (tertiary/aromatic N) is 5. The molecular weight excluding hydrogens is 404 g/mol. The quantitative estimate of drug-likeness (QED) is 0.647. The van der Waals surface area contributed by atoms with Crippen molar-refractivity contribution in [3.05, 3.63) is 55.7 Å². The largest absolute Gasteiger partial charge is 0.332 e. The number of hydrogen-bond acceptors (Lipinski definition) is 5. The Kier molecular flexibility index (Phi) is 5.51. The molecule has 0 aliphatic heterocycles. The van der Waals surface area contributed by atoms with Crippen molar-refractivity contribution in [1.29, 1.82) is 0 Å². The van der Waals surface area contributed by atoms with Crippen LogP contribution in [0.25, 0.3) is 11.2 Å². The lowest BCUT2D eigenvalue weighted by Crippen LogP contribution is -2.37. The van der Waals surface area contributed by atoms with Crippen molar-refractivity contribution in [1.82, 2.24) is 18.7 Å². The van der Waals surface area contributed by atoms with Crippen molar-refractivity contribution in [3.8, 4) is 0 Å². The summed E-state index contributed by atoms with van der Waals surface area (Å²) in [4.78, 5) is 29.9. The average molecular weight is 429 g/mol. The first-order valence-electron chi connectivity index (χ1n) is 10.1. The third-order valence-electron chi connectivity index (χ3n) is 5.66. The topological polar surface area (TPSA) is 86.2 Å². The molecule has 1 unspecified atom stereocenters. The van der Waals surface area contributed by atoms with Gasteiger partial charge in [0.1, 0.15) is 0 Å². The van der Waals surface area contributed by atoms with Crippen LogP contribution in [0.3, 0.4) is 0 Å². The lowest BCUT2D eigenvalue weighted by Gasteiger charge is -2.19. The van der Waals surface area contributed by atoms with Crippen molar-refractivity contribution in [2.75, 3.05) is 5.43 Å². The molecule has 8 nitrogen and oxygen atoms in total. The number of hydrogen-bond donors (Lipinski definition) is 1. The maximum absolute atomic E-state index is 12.9. The number of nitrogens with one attached hydrogen (secondary N) is 1. The van der Waals surface area contributed by atoms with Gasteiger partial charge in [0.15, 0.2) is 11.2 Å². The van der Waals surface area contributed by atoms with Crippen molar-refractivity contribution in [2.45, 2.75) is 39.2 Å². The van der Waals surface area contributed by atoms with Gasteiger partial charge in [-0.05, 0) is 49.3 Å². The molecule has 2 heterocycles. The van der Waals surface area contributed by atoms with E-state index in [1.165, 1.54) is 18.0 Å². The number of benzene rings is 1. The van der Waals surface area contributed by atoms with Crippen molar-refractivity contribution < 1.29 is 0 Å². The number of fused-ring (bicyclic) bond motifs is 1. The van der Waals surface area contributed by atoms with E-state index in [1.807, 2.05) is 12.1 Å². The summed E-state index contributed by atoms with van der Waals surface area (Å²) in [6.07, 6.45) is 4.24. The molecule has 0 radical (unpaired) electrons. The van der Waals surface area contributed by atoms with Gasteiger partial charge in [-0.25, -0.2) is 10.2 Å². The van der Waals surface area contributed by atoms with E-state index in [1.54, 1.807) is 23.7 Å². The number of aromatic nitrogens is 4. The molecule has 3 aromatic rings. The molecule has 1 aliphatic carbocycles. The van der Waals surface area contributed by atoms with E-state index in [4.69, 9.17) is 11.6 Å². The fourth-order valence-corrected chi connectivity index (χ4v) is 4.08. The highest BCUT2D eigenvalue weighted by Crippen LogP contribution is 2.23. The summed E-state index contributed by atoms with van der Waals surface area (Å²) in [5, 5.41) is 5.23. The fraction of sp³-hybridized carbons (Fsp3) is 0.429. The van der Waals surface area contributed by atoms with Crippen LogP contribution in [0.15, 0.2) is 39.0 Å². The minimum atomic E-state index is -0.414. The van der Waals surface area contributed by atoms with Gasteiger partial charge in [-0.1, -0.05) is 30.7 Å². The molecule has 158 valence electrons. The molecular formula is C21H25ClN6O2. The zero-order valence-electron chi connectivity index (χ0n) is 17.4. The summed E-state index contributed by atoms with van der Waals surface area (Å²) >= 11 is 6.01. The Morgan fingerprint density at radius 1 is 1.20 bits per heavy atom. The van der Waals surface area contributed by atoms with E-state index >= 15 is 0 Å². The fourth-order valence-electron chi connectivity index (χ4n) is 3.95. The minimum Gasteiger partial charge on any atom is -0.298 e. The summed E-state index contributed by atoms with van der Waals surface area (Å²) in [7, 11) is 3.09. The first-order valence-corrected chi connectivity index (χ1v) is 10.4. The molecule has 1 fully saturated rings. The smallest absolute Gasteiger partial charge is 0.298 e. The monoisotopic (exact) mass is 428 g/mol. The molecule has 30 heavy (non-hydrogen) atoms. The zero-order chi connectivity index (χ0) is 21.4. The number of rotatable bonds is 4. The first kappa shape index (κ1) is 20.4. The van der Waals surface area contributed by atoms with Gasteiger partial charge in [0, 0.05) is 24.8 Å². The Morgan fingerprint density at radius 2 is 1.93 bits per heavy atom. The van der Waals surface area contributed by atoms with Gasteiger partial charge in [0.25, 0.3) is 5.56 Å². The number of anilines is 1. The maximum atomic E-state index is 12.9. The SMILES string of the molecule is CC1CCCC(=NNc2nc3c(c(=O)n(C)c(=O)n3C)n2Cc2ccc(Cl)cc2)C1. The Balaban J connectivity index is 1.83. The predicted molar refractivity (Wildman–Crippen MR) is 119 cm³/mol. The first-order chi connectivity index (χ1) is 14.3. The van der Waals surface area contributed by atoms with Crippen LogP contribution < -0.4 is 16.7 Å². The second-order valence-electron chi connectivity index (χ2n) is 8.02. The van der Waals surface area contributed by atoms with Crippen molar-refractivity contribution in [2.24, 2.45) is 25.1 Å². The number of imidazole rings is 1. The average Bonchev–Trinajstić information content (AvgIpc) is 3.09. The van der Waals surface area contributed by atoms with E-state index < -0.39 is 5.69 Å². The third-order valence-corrected chi connectivity index (χ3v) is 5.91. The van der Waals surface area contributed by atoms with Gasteiger partial charge in [-0.3, -0.25) is 18.5 Å². The molecule has 2 aromatic heterocycles. The normalized spacial score (nSPS) is 18.3. The Morgan fingerprint density at radius 3 is 2.63 bits per heavy atom. The molecule has 1 saturated carbocycles. The molecule has 0 saturated heterocycles. The molecule has 1 N–H and O–H groups in total. The Hall–Kier alpha value is -2.87. The minimum absolute atomic E-state index is 0.330. The lowest BCUT2D eigenvalue weighted by molar-refractivity contribution is 0.500. The van der Waals surface area contributed by atoms with Crippen molar-refractivity contribution >= 4 is 34.4 Å². The van der Waals surface area contributed by atoms with Crippen molar-refractivity contribution in [3.63, 3.8) is 0 Å². The van der Waals surface area contributed by atoms with Crippen LogP contribution in [0.5, 0.6) is 0 Å². The Labute approximate surface area is 178 Å². The maximum Gasteiger partial charge on any atom is 0.332 e. The predicted octanol–water partition coefficient (Wildman–Crippen LogP) is 3.11. The molecule has 4 rings (SSSR count).